The van der Waals surface area contributed by atoms with Gasteiger partial charge in [-0.25, -0.2) is 9.37 Å². The van der Waals surface area contributed by atoms with Gasteiger partial charge >= 0.3 is 6.61 Å². The van der Waals surface area contributed by atoms with Crippen LogP contribution in [-0.4, -0.2) is 47.3 Å². The van der Waals surface area contributed by atoms with E-state index in [4.69, 9.17) is 8.85 Å². The minimum absolute atomic E-state index is 0.0457. The van der Waals surface area contributed by atoms with Crippen LogP contribution in [0.25, 0.3) is 22.2 Å². The summed E-state index contributed by atoms with van der Waals surface area (Å²) in [6, 6.07) is 11.8. The monoisotopic (exact) mass is 528 g/mol. The number of halogens is 3. The fourth-order valence-electron chi connectivity index (χ4n) is 5.35. The van der Waals surface area contributed by atoms with Gasteiger partial charge in [0.15, 0.2) is 0 Å². The van der Waals surface area contributed by atoms with Crippen molar-refractivity contribution in [1.82, 2.24) is 14.5 Å². The Bertz CT molecular complexity index is 1750. The number of alkyl halides is 2. The predicted molar refractivity (Wildman–Crippen MR) is 135 cm³/mol. The largest absolute Gasteiger partial charge is 0.434 e. The number of amides is 1. The first kappa shape index (κ1) is 20.5. The fourth-order valence-corrected chi connectivity index (χ4v) is 6.21. The number of nitrogens with zero attached hydrogens (tertiary/aromatic N) is 3. The van der Waals surface area contributed by atoms with Crippen molar-refractivity contribution < 1.29 is 31.4 Å². The number of rotatable bonds is 4. The predicted octanol–water partition coefficient (Wildman–Crippen LogP) is 5.81. The molecule has 10 heteroatoms. The van der Waals surface area contributed by atoms with Gasteiger partial charge in [-0.2, -0.15) is 8.78 Å². The third-order valence-corrected chi connectivity index (χ3v) is 8.56. The fraction of sp³-hybridized carbons (Fsp3) is 0.259. The Hall–Kier alpha value is -3.58. The van der Waals surface area contributed by atoms with Crippen molar-refractivity contribution in [1.29, 1.82) is 0 Å². The highest BCUT2D eigenvalue weighted by atomic mass is 31.2. The first-order valence-corrected chi connectivity index (χ1v) is 14.1. The summed E-state index contributed by atoms with van der Waals surface area (Å²) in [5, 5.41) is 0.405. The summed E-state index contributed by atoms with van der Waals surface area (Å²) in [7, 11) is -2.68. The smallest absolute Gasteiger partial charge is 0.387 e. The molecule has 0 fully saturated rings. The van der Waals surface area contributed by atoms with Crippen molar-refractivity contribution in [2.75, 3.05) is 20.3 Å². The topological polar surface area (TPSA) is 64.4 Å². The first-order valence-electron chi connectivity index (χ1n) is 13.0. The molecule has 1 amide bonds. The van der Waals surface area contributed by atoms with Crippen LogP contribution in [0, 0.1) is 5.82 Å². The van der Waals surface area contributed by atoms with Crippen molar-refractivity contribution in [3.8, 4) is 16.9 Å². The molecule has 37 heavy (non-hydrogen) atoms. The lowest BCUT2D eigenvalue weighted by Crippen LogP contribution is -2.30. The van der Waals surface area contributed by atoms with Crippen molar-refractivity contribution in [2.45, 2.75) is 25.1 Å². The third-order valence-electron chi connectivity index (χ3n) is 7.03. The van der Waals surface area contributed by atoms with E-state index in [0.717, 1.165) is 4.90 Å². The van der Waals surface area contributed by atoms with Gasteiger partial charge in [0.1, 0.15) is 24.5 Å². The second-order valence-corrected chi connectivity index (χ2v) is 12.8. The van der Waals surface area contributed by atoms with E-state index in [-0.39, 0.29) is 34.7 Å². The maximum atomic E-state index is 15.2. The zero-order valence-corrected chi connectivity index (χ0v) is 20.7. The van der Waals surface area contributed by atoms with E-state index in [1.165, 1.54) is 24.3 Å². The number of fused-ring (bicyclic) bond motifs is 9. The summed E-state index contributed by atoms with van der Waals surface area (Å²) in [6.07, 6.45) is 0.0780. The average molecular weight is 528 g/mol. The minimum atomic E-state index is -3.17. The number of ether oxygens (including phenoxy) is 1. The van der Waals surface area contributed by atoms with E-state index in [0.29, 0.717) is 21.9 Å². The number of hydrogen-bond donors (Lipinski definition) is 0. The van der Waals surface area contributed by atoms with Gasteiger partial charge in [-0.1, -0.05) is 24.3 Å². The maximum Gasteiger partial charge on any atom is 0.387 e. The van der Waals surface area contributed by atoms with Crippen LogP contribution >= 0.6 is 7.14 Å². The van der Waals surface area contributed by atoms with Crippen LogP contribution < -0.4 is 10.0 Å². The molecule has 2 aliphatic rings. The first-order chi connectivity index (χ1) is 18.8. The molecule has 190 valence electrons. The molecule has 1 aromatic heterocycles. The van der Waals surface area contributed by atoms with E-state index in [2.05, 4.69) is 4.98 Å². The van der Waals surface area contributed by atoms with Crippen molar-refractivity contribution in [3.63, 3.8) is 0 Å². The summed E-state index contributed by atoms with van der Waals surface area (Å²) < 4.78 is 85.2. The molecule has 0 N–H and O–H groups in total. The van der Waals surface area contributed by atoms with Gasteiger partial charge in [-0.3, -0.25) is 4.79 Å². The highest BCUT2D eigenvalue weighted by Gasteiger charge is 2.45. The second kappa shape index (κ2) is 8.21. The Morgan fingerprint density at radius 1 is 1.11 bits per heavy atom. The molecule has 0 saturated heterocycles. The Morgan fingerprint density at radius 2 is 1.92 bits per heavy atom. The molecule has 0 saturated carbocycles. The molecule has 2 bridgehead atoms. The Morgan fingerprint density at radius 3 is 2.62 bits per heavy atom. The van der Waals surface area contributed by atoms with Gasteiger partial charge in [-0.15, -0.1) is 0 Å². The molecule has 2 atom stereocenters. The summed E-state index contributed by atoms with van der Waals surface area (Å²) >= 11 is 0. The number of carbonyl (C=O) groups is 1. The lowest BCUT2D eigenvalue weighted by molar-refractivity contribution is -0.0507. The number of hydrogen-bond acceptors (Lipinski definition) is 4. The van der Waals surface area contributed by atoms with Gasteiger partial charge < -0.3 is 18.8 Å². The van der Waals surface area contributed by atoms with Crippen molar-refractivity contribution in [3.05, 3.63) is 77.4 Å². The standard InChI is InChI=1S/C27H23F3N3O3P/c1-32-22-13-21(24-17(26(32)34)5-4-6-23(24)36-27(29)30)33-20-11-14(7-10-19(20)31-25(22)33)16-9-8-15(12-18(16)28)37(2,3)35/h4-12,21-22,27H,13H2,1-3H3/t21-,22-/m1/s1/i1D3. The highest BCUT2D eigenvalue weighted by molar-refractivity contribution is 7.70. The number of imidazole rings is 1. The Labute approximate surface area is 215 Å². The molecular weight excluding hydrogens is 502 g/mol. The lowest BCUT2D eigenvalue weighted by atomic mass is 9.97. The molecule has 3 aromatic carbocycles. The van der Waals surface area contributed by atoms with Gasteiger partial charge in [-0.05, 0) is 49.2 Å². The van der Waals surface area contributed by atoms with Crippen LogP contribution in [0.4, 0.5) is 13.2 Å². The average Bonchev–Trinajstić information content (AvgIpc) is 3.35. The summed E-state index contributed by atoms with van der Waals surface area (Å²) in [5.41, 5.74) is 1.82. The van der Waals surface area contributed by atoms with Crippen LogP contribution in [-0.2, 0) is 4.57 Å². The molecule has 3 heterocycles. The van der Waals surface area contributed by atoms with Gasteiger partial charge in [0.05, 0.1) is 23.1 Å². The minimum Gasteiger partial charge on any atom is -0.434 e. The summed E-state index contributed by atoms with van der Waals surface area (Å²) in [6.45, 7) is -2.89. The molecule has 6 nitrogen and oxygen atoms in total. The Balaban J connectivity index is 1.58. The lowest BCUT2D eigenvalue weighted by Gasteiger charge is -2.24. The zero-order valence-electron chi connectivity index (χ0n) is 22.8. The molecule has 0 spiro atoms. The molecule has 0 aliphatic carbocycles. The molecule has 4 aromatic rings. The van der Waals surface area contributed by atoms with E-state index < -0.39 is 44.5 Å². The van der Waals surface area contributed by atoms with Crippen LogP contribution in [0.2, 0.25) is 0 Å². The molecule has 0 unspecified atom stereocenters. The van der Waals surface area contributed by atoms with Crippen LogP contribution in [0.5, 0.6) is 5.75 Å². The molecular formula is C27H23F3N3O3P. The third kappa shape index (κ3) is 3.67. The quantitative estimate of drug-likeness (QED) is 0.314. The van der Waals surface area contributed by atoms with Crippen LogP contribution in [0.1, 0.15) is 44.4 Å². The van der Waals surface area contributed by atoms with Gasteiger partial charge in [0.2, 0.25) is 0 Å². The number of aromatic nitrogens is 2. The number of benzene rings is 3. The van der Waals surface area contributed by atoms with Crippen LogP contribution in [0.15, 0.2) is 54.6 Å². The summed E-state index contributed by atoms with van der Waals surface area (Å²) in [5.74, 6) is -1.33. The molecule has 2 aliphatic heterocycles. The van der Waals surface area contributed by atoms with Gasteiger partial charge in [0.25, 0.3) is 5.91 Å². The number of carbonyl (C=O) groups excluding carboxylic acids is 1. The normalized spacial score (nSPS) is 20.3. The Kier molecular flexibility index (Phi) is 4.55. The maximum absolute atomic E-state index is 15.2. The molecule has 6 rings (SSSR count). The highest BCUT2D eigenvalue weighted by Crippen LogP contribution is 2.50. The van der Waals surface area contributed by atoms with E-state index in [9.17, 15) is 18.1 Å². The summed E-state index contributed by atoms with van der Waals surface area (Å²) in [4.78, 5) is 19.0. The van der Waals surface area contributed by atoms with E-state index in [1.54, 1.807) is 48.2 Å². The van der Waals surface area contributed by atoms with Crippen molar-refractivity contribution in [2.24, 2.45) is 0 Å². The van der Waals surface area contributed by atoms with E-state index in [1.807, 2.05) is 0 Å². The van der Waals surface area contributed by atoms with Crippen LogP contribution in [0.3, 0.4) is 0 Å². The van der Waals surface area contributed by atoms with Crippen molar-refractivity contribution >= 4 is 29.4 Å². The SMILES string of the molecule is [2H]C([2H])([2H])N1C(=O)c2cccc(OC(F)F)c2[C@H]2C[C@@H]1c1nc3ccc(-c4ccc(P(C)(C)=O)cc4F)cc3n12. The van der Waals surface area contributed by atoms with Gasteiger partial charge in [0, 0.05) is 39.5 Å². The van der Waals surface area contributed by atoms with E-state index >= 15 is 4.39 Å². The zero-order chi connectivity index (χ0) is 28.7. The second-order valence-electron chi connectivity index (χ2n) is 9.60. The molecule has 0 radical (unpaired) electrons.